The maximum absolute atomic E-state index is 13.3. The minimum Gasteiger partial charge on any atom is -0.370 e. The first-order valence-electron chi connectivity index (χ1n) is 9.06. The quantitative estimate of drug-likeness (QED) is 0.345. The minimum absolute atomic E-state index is 0. The average molecular weight is 487 g/mol. The number of H-pyrrole nitrogens is 1. The van der Waals surface area contributed by atoms with Crippen molar-refractivity contribution in [1.82, 2.24) is 15.2 Å². The lowest BCUT2D eigenvalue weighted by atomic mass is 9.95. The van der Waals surface area contributed by atoms with Gasteiger partial charge < -0.3 is 20.9 Å². The van der Waals surface area contributed by atoms with Gasteiger partial charge in [0, 0.05) is 50.2 Å². The third-order valence-corrected chi connectivity index (χ3v) is 4.93. The van der Waals surface area contributed by atoms with Crippen LogP contribution >= 0.6 is 24.0 Å². The summed E-state index contributed by atoms with van der Waals surface area (Å²) in [6, 6.07) is 4.81. The fourth-order valence-corrected chi connectivity index (χ4v) is 3.72. The number of guanidine groups is 1. The number of nitrogens with zero attached hydrogens (tertiary/aromatic N) is 2. The second-order valence-corrected chi connectivity index (χ2v) is 6.85. The van der Waals surface area contributed by atoms with Crippen molar-refractivity contribution in [1.29, 1.82) is 0 Å². The van der Waals surface area contributed by atoms with Gasteiger partial charge in [-0.15, -0.1) is 24.0 Å². The summed E-state index contributed by atoms with van der Waals surface area (Å²) in [5.74, 6) is 0.670. The van der Waals surface area contributed by atoms with Crippen molar-refractivity contribution in [2.45, 2.75) is 25.7 Å². The van der Waals surface area contributed by atoms with E-state index in [0.717, 1.165) is 61.3 Å². The monoisotopic (exact) mass is 487 g/mol. The van der Waals surface area contributed by atoms with Crippen LogP contribution in [0.5, 0.6) is 0 Å². The SMILES string of the molecule is CN=C(NCCc1c[nH]c2cc(F)ccc12)N1CCCC(CC(N)=O)C1.I. The summed E-state index contributed by atoms with van der Waals surface area (Å²) >= 11 is 0. The molecule has 1 aromatic heterocycles. The standard InChI is InChI=1S/C19H26FN5O.HI/c1-22-19(25-8-2-3-13(12-25)9-18(21)26)23-7-6-14-11-24-17-10-15(20)4-5-16(14)17;/h4-5,10-11,13,24H,2-3,6-9,12H2,1H3,(H2,21,26)(H,22,23);1H. The fourth-order valence-electron chi connectivity index (χ4n) is 3.72. The Hall–Kier alpha value is -1.84. The number of hydrogen-bond donors (Lipinski definition) is 3. The number of nitrogens with one attached hydrogen (secondary N) is 2. The molecule has 6 nitrogen and oxygen atoms in total. The third kappa shape index (κ3) is 5.57. The molecule has 1 atom stereocenters. The molecule has 1 unspecified atom stereocenters. The molecular weight excluding hydrogens is 460 g/mol. The van der Waals surface area contributed by atoms with E-state index in [2.05, 4.69) is 20.2 Å². The number of primary amides is 1. The summed E-state index contributed by atoms with van der Waals surface area (Å²) in [4.78, 5) is 20.9. The molecule has 1 fully saturated rings. The van der Waals surface area contributed by atoms with Crippen molar-refractivity contribution in [3.63, 3.8) is 0 Å². The normalized spacial score (nSPS) is 17.6. The molecule has 27 heavy (non-hydrogen) atoms. The van der Waals surface area contributed by atoms with Gasteiger partial charge in [0.2, 0.25) is 5.91 Å². The molecule has 0 spiro atoms. The summed E-state index contributed by atoms with van der Waals surface area (Å²) < 4.78 is 13.3. The van der Waals surface area contributed by atoms with Gasteiger partial charge in [-0.3, -0.25) is 9.79 Å². The highest BCUT2D eigenvalue weighted by molar-refractivity contribution is 14.0. The number of aromatic nitrogens is 1. The minimum atomic E-state index is -0.240. The number of nitrogens with two attached hydrogens (primary N) is 1. The summed E-state index contributed by atoms with van der Waals surface area (Å²) in [6.07, 6.45) is 5.23. The maximum Gasteiger partial charge on any atom is 0.217 e. The highest BCUT2D eigenvalue weighted by Gasteiger charge is 2.23. The van der Waals surface area contributed by atoms with E-state index in [0.29, 0.717) is 12.3 Å². The third-order valence-electron chi connectivity index (χ3n) is 4.93. The summed E-state index contributed by atoms with van der Waals surface area (Å²) in [5, 5.41) is 4.44. The van der Waals surface area contributed by atoms with E-state index in [4.69, 9.17) is 5.73 Å². The lowest BCUT2D eigenvalue weighted by Crippen LogP contribution is -2.47. The van der Waals surface area contributed by atoms with E-state index in [9.17, 15) is 9.18 Å². The topological polar surface area (TPSA) is 86.5 Å². The molecule has 0 bridgehead atoms. The van der Waals surface area contributed by atoms with Gasteiger partial charge in [0.25, 0.3) is 0 Å². The van der Waals surface area contributed by atoms with Crippen LogP contribution in [0, 0.1) is 11.7 Å². The average Bonchev–Trinajstić information content (AvgIpc) is 3.00. The molecular formula is C19H27FIN5O. The van der Waals surface area contributed by atoms with Gasteiger partial charge in [-0.1, -0.05) is 0 Å². The molecule has 0 saturated carbocycles. The Morgan fingerprint density at radius 2 is 2.30 bits per heavy atom. The van der Waals surface area contributed by atoms with Crippen LogP contribution in [0.15, 0.2) is 29.4 Å². The van der Waals surface area contributed by atoms with E-state index in [-0.39, 0.29) is 35.7 Å². The Bertz CT molecular complexity index is 806. The van der Waals surface area contributed by atoms with Crippen LogP contribution in [0.1, 0.15) is 24.8 Å². The van der Waals surface area contributed by atoms with Crippen LogP contribution in [0.3, 0.4) is 0 Å². The van der Waals surface area contributed by atoms with Crippen LogP contribution in [-0.2, 0) is 11.2 Å². The molecule has 2 aromatic rings. The Balaban J connectivity index is 0.00000261. The molecule has 1 aliphatic rings. The molecule has 1 amide bonds. The number of amides is 1. The number of carbonyl (C=O) groups is 1. The van der Waals surface area contributed by atoms with Crippen LogP contribution in [0.25, 0.3) is 10.9 Å². The number of fused-ring (bicyclic) bond motifs is 1. The highest BCUT2D eigenvalue weighted by Crippen LogP contribution is 2.20. The van der Waals surface area contributed by atoms with Crippen molar-refractivity contribution in [3.8, 4) is 0 Å². The number of aromatic amines is 1. The van der Waals surface area contributed by atoms with Gasteiger partial charge in [-0.25, -0.2) is 4.39 Å². The number of halogens is 2. The lowest BCUT2D eigenvalue weighted by Gasteiger charge is -2.34. The molecule has 1 aliphatic heterocycles. The van der Waals surface area contributed by atoms with E-state index >= 15 is 0 Å². The van der Waals surface area contributed by atoms with E-state index < -0.39 is 0 Å². The number of carbonyl (C=O) groups excluding carboxylic acids is 1. The number of benzene rings is 1. The van der Waals surface area contributed by atoms with Crippen LogP contribution < -0.4 is 11.1 Å². The van der Waals surface area contributed by atoms with Gasteiger partial charge >= 0.3 is 0 Å². The summed E-state index contributed by atoms with van der Waals surface area (Å²) in [5.41, 5.74) is 7.30. The second kappa shape index (κ2) is 9.91. The number of piperidine rings is 1. The van der Waals surface area contributed by atoms with Crippen LogP contribution in [-0.4, -0.2) is 48.4 Å². The number of rotatable bonds is 5. The van der Waals surface area contributed by atoms with Crippen LogP contribution in [0.2, 0.25) is 0 Å². The van der Waals surface area contributed by atoms with E-state index in [1.807, 2.05) is 12.3 Å². The zero-order valence-corrected chi connectivity index (χ0v) is 17.8. The molecule has 148 valence electrons. The fraction of sp³-hybridized carbons (Fsp3) is 0.474. The molecule has 8 heteroatoms. The number of aliphatic imine (C=N–C) groups is 1. The first kappa shape index (κ1) is 21.5. The Kier molecular flexibility index (Phi) is 7.88. The highest BCUT2D eigenvalue weighted by atomic mass is 127. The first-order valence-corrected chi connectivity index (χ1v) is 9.06. The van der Waals surface area contributed by atoms with Gasteiger partial charge in [0.1, 0.15) is 5.82 Å². The van der Waals surface area contributed by atoms with Crippen molar-refractivity contribution in [2.75, 3.05) is 26.7 Å². The Labute approximate surface area is 175 Å². The van der Waals surface area contributed by atoms with Crippen molar-refractivity contribution in [3.05, 3.63) is 35.8 Å². The maximum atomic E-state index is 13.3. The Morgan fingerprint density at radius 1 is 1.48 bits per heavy atom. The van der Waals surface area contributed by atoms with Gasteiger partial charge in [-0.2, -0.15) is 0 Å². The molecule has 0 aliphatic carbocycles. The van der Waals surface area contributed by atoms with Crippen molar-refractivity contribution < 1.29 is 9.18 Å². The lowest BCUT2D eigenvalue weighted by molar-refractivity contribution is -0.119. The zero-order chi connectivity index (χ0) is 18.5. The van der Waals surface area contributed by atoms with Gasteiger partial charge in [0.15, 0.2) is 5.96 Å². The predicted molar refractivity (Wildman–Crippen MR) is 117 cm³/mol. The first-order chi connectivity index (χ1) is 12.6. The van der Waals surface area contributed by atoms with E-state index in [1.165, 1.54) is 12.1 Å². The van der Waals surface area contributed by atoms with Gasteiger partial charge in [-0.05, 0) is 48.9 Å². The molecule has 1 saturated heterocycles. The molecule has 1 aromatic carbocycles. The predicted octanol–water partition coefficient (Wildman–Crippen LogP) is 2.63. The molecule has 2 heterocycles. The number of hydrogen-bond acceptors (Lipinski definition) is 2. The van der Waals surface area contributed by atoms with Gasteiger partial charge in [0.05, 0.1) is 0 Å². The zero-order valence-electron chi connectivity index (χ0n) is 15.5. The summed E-state index contributed by atoms with van der Waals surface area (Å²) in [6.45, 7) is 2.46. The second-order valence-electron chi connectivity index (χ2n) is 6.85. The smallest absolute Gasteiger partial charge is 0.217 e. The number of likely N-dealkylation sites (tertiary alicyclic amines) is 1. The van der Waals surface area contributed by atoms with Crippen molar-refractivity contribution in [2.24, 2.45) is 16.6 Å². The largest absolute Gasteiger partial charge is 0.370 e. The van der Waals surface area contributed by atoms with Crippen LogP contribution in [0.4, 0.5) is 4.39 Å². The summed E-state index contributed by atoms with van der Waals surface area (Å²) in [7, 11) is 1.77. The molecule has 0 radical (unpaired) electrons. The van der Waals surface area contributed by atoms with E-state index in [1.54, 1.807) is 7.05 Å². The molecule has 3 rings (SSSR count). The van der Waals surface area contributed by atoms with Crippen molar-refractivity contribution >= 4 is 46.7 Å². The Morgan fingerprint density at radius 3 is 3.04 bits per heavy atom. The molecule has 4 N–H and O–H groups in total.